The molecule has 0 aromatic carbocycles. The molecule has 0 heterocycles. The minimum absolute atomic E-state index is 0.834. The van der Waals surface area contributed by atoms with Crippen LogP contribution in [0.4, 0.5) is 0 Å². The molecule has 0 aromatic heterocycles. The summed E-state index contributed by atoms with van der Waals surface area (Å²) < 4.78 is 0. The summed E-state index contributed by atoms with van der Waals surface area (Å²) in [6.07, 6.45) is 27.4. The van der Waals surface area contributed by atoms with Crippen molar-refractivity contribution in [2.45, 2.75) is 77.0 Å². The normalized spacial score (nSPS) is 38.7. The molecule has 128 valence electrons. The minimum atomic E-state index is 0.834. The molecule has 0 spiro atoms. The van der Waals surface area contributed by atoms with Gasteiger partial charge < -0.3 is 0 Å². The molecule has 5 rings (SSSR count). The molecule has 0 heteroatoms. The van der Waals surface area contributed by atoms with E-state index in [1.54, 1.807) is 0 Å². The van der Waals surface area contributed by atoms with Gasteiger partial charge in [-0.3, -0.25) is 0 Å². The highest BCUT2D eigenvalue weighted by atomic mass is 14.5. The van der Waals surface area contributed by atoms with Crippen molar-refractivity contribution in [3.8, 4) is 0 Å². The summed E-state index contributed by atoms with van der Waals surface area (Å²) in [6, 6.07) is 0. The molecule has 5 aliphatic rings. The largest absolute Gasteiger partial charge is 0.0807 e. The predicted molar refractivity (Wildman–Crippen MR) is 102 cm³/mol. The van der Waals surface area contributed by atoms with E-state index in [0.29, 0.717) is 0 Å². The van der Waals surface area contributed by atoms with Gasteiger partial charge in [0, 0.05) is 0 Å². The second kappa shape index (κ2) is 6.36. The Kier molecular flexibility index (Phi) is 4.03. The van der Waals surface area contributed by atoms with E-state index in [0.717, 1.165) is 23.7 Å². The molecular weight excluding hydrogens is 288 g/mol. The molecule has 0 aromatic rings. The molecular formula is C24H32. The van der Waals surface area contributed by atoms with Crippen LogP contribution < -0.4 is 0 Å². The van der Waals surface area contributed by atoms with E-state index in [2.05, 4.69) is 24.3 Å². The van der Waals surface area contributed by atoms with Crippen molar-refractivity contribution in [2.75, 3.05) is 0 Å². The Labute approximate surface area is 147 Å². The first-order valence-corrected chi connectivity index (χ1v) is 10.7. The third kappa shape index (κ3) is 2.40. The van der Waals surface area contributed by atoms with Crippen molar-refractivity contribution in [2.24, 2.45) is 23.7 Å². The molecule has 0 radical (unpaired) electrons. The summed E-state index contributed by atoms with van der Waals surface area (Å²) in [5.74, 6) is 3.34. The molecule has 0 N–H and O–H groups in total. The van der Waals surface area contributed by atoms with E-state index in [9.17, 15) is 0 Å². The third-order valence-corrected chi connectivity index (χ3v) is 7.57. The molecule has 0 amide bonds. The van der Waals surface area contributed by atoms with Crippen LogP contribution in [0.2, 0.25) is 0 Å². The van der Waals surface area contributed by atoms with Gasteiger partial charge in [0.05, 0.1) is 0 Å². The van der Waals surface area contributed by atoms with Gasteiger partial charge in [-0.25, -0.2) is 0 Å². The number of hydrogen-bond acceptors (Lipinski definition) is 0. The van der Waals surface area contributed by atoms with Gasteiger partial charge in [0.2, 0.25) is 0 Å². The molecule has 0 bridgehead atoms. The lowest BCUT2D eigenvalue weighted by Gasteiger charge is -2.47. The maximum atomic E-state index is 2.67. The Morgan fingerprint density at radius 3 is 0.917 bits per heavy atom. The number of hydrogen-bond donors (Lipinski definition) is 0. The average molecular weight is 321 g/mol. The van der Waals surface area contributed by atoms with Gasteiger partial charge in [-0.1, -0.05) is 24.3 Å². The molecule has 1 fully saturated rings. The van der Waals surface area contributed by atoms with Gasteiger partial charge in [-0.05, 0) is 123 Å². The summed E-state index contributed by atoms with van der Waals surface area (Å²) in [4.78, 5) is 0. The number of rotatable bonds is 0. The molecule has 1 saturated carbocycles. The topological polar surface area (TPSA) is 0 Å². The Morgan fingerprint density at radius 2 is 0.667 bits per heavy atom. The highest BCUT2D eigenvalue weighted by molar-refractivity contribution is 5.48. The van der Waals surface area contributed by atoms with Crippen molar-refractivity contribution in [3.63, 3.8) is 0 Å². The lowest BCUT2D eigenvalue weighted by molar-refractivity contribution is 0.287. The van der Waals surface area contributed by atoms with Crippen molar-refractivity contribution < 1.29 is 0 Å². The van der Waals surface area contributed by atoms with Gasteiger partial charge in [-0.2, -0.15) is 0 Å². The first-order valence-electron chi connectivity index (χ1n) is 10.7. The maximum absolute atomic E-state index is 2.67. The fraction of sp³-hybridized carbons (Fsp3) is 0.667. The summed E-state index contributed by atoms with van der Waals surface area (Å²) >= 11 is 0. The van der Waals surface area contributed by atoms with Crippen molar-refractivity contribution >= 4 is 0 Å². The highest BCUT2D eigenvalue weighted by Gasteiger charge is 2.42. The Balaban J connectivity index is 1.68. The average Bonchev–Trinajstić information content (AvgIpc) is 2.67. The molecule has 4 atom stereocenters. The number of allylic oxidation sites excluding steroid dienone is 8. The van der Waals surface area contributed by atoms with E-state index in [1.165, 1.54) is 77.0 Å². The lowest BCUT2D eigenvalue weighted by Crippen LogP contribution is -2.35. The van der Waals surface area contributed by atoms with E-state index in [4.69, 9.17) is 0 Å². The van der Waals surface area contributed by atoms with Crippen LogP contribution in [-0.4, -0.2) is 0 Å². The molecule has 5 aliphatic carbocycles. The zero-order valence-corrected chi connectivity index (χ0v) is 15.1. The Hall–Kier alpha value is -1.04. The molecule has 0 aliphatic heterocycles. The van der Waals surface area contributed by atoms with Crippen LogP contribution in [0.25, 0.3) is 0 Å². The second-order valence-corrected chi connectivity index (χ2v) is 8.79. The smallest absolute Gasteiger partial charge is 0.00934 e. The third-order valence-electron chi connectivity index (χ3n) is 7.57. The quantitative estimate of drug-likeness (QED) is 0.425. The Bertz CT molecular complexity index is 514. The van der Waals surface area contributed by atoms with Crippen LogP contribution in [-0.2, 0) is 0 Å². The monoisotopic (exact) mass is 320 g/mol. The predicted octanol–water partition coefficient (Wildman–Crippen LogP) is 6.91. The van der Waals surface area contributed by atoms with Crippen LogP contribution in [0.5, 0.6) is 0 Å². The van der Waals surface area contributed by atoms with Crippen LogP contribution in [0.1, 0.15) is 77.0 Å². The fourth-order valence-corrected chi connectivity index (χ4v) is 6.61. The number of fused-ring (bicyclic) bond motifs is 8. The van der Waals surface area contributed by atoms with E-state index >= 15 is 0 Å². The summed E-state index contributed by atoms with van der Waals surface area (Å²) in [6.45, 7) is 0. The zero-order chi connectivity index (χ0) is 15.9. The molecule has 0 saturated heterocycles. The second-order valence-electron chi connectivity index (χ2n) is 8.79. The zero-order valence-electron chi connectivity index (χ0n) is 15.1. The van der Waals surface area contributed by atoms with Gasteiger partial charge in [0.15, 0.2) is 0 Å². The van der Waals surface area contributed by atoms with Crippen molar-refractivity contribution in [1.29, 1.82) is 0 Å². The SMILES string of the molecule is C1=C2C3=CCCCC3C3CCCC=C3C3=CCCCC3C2CCC1. The van der Waals surface area contributed by atoms with Crippen LogP contribution in [0, 0.1) is 23.7 Å². The first kappa shape index (κ1) is 15.2. The minimum Gasteiger partial charge on any atom is -0.0807 e. The van der Waals surface area contributed by atoms with Crippen LogP contribution >= 0.6 is 0 Å². The summed E-state index contributed by atoms with van der Waals surface area (Å²) in [7, 11) is 0. The summed E-state index contributed by atoms with van der Waals surface area (Å²) in [5, 5.41) is 0. The van der Waals surface area contributed by atoms with E-state index < -0.39 is 0 Å². The van der Waals surface area contributed by atoms with Crippen molar-refractivity contribution in [3.05, 3.63) is 46.6 Å². The van der Waals surface area contributed by atoms with Gasteiger partial charge in [0.25, 0.3) is 0 Å². The first-order chi connectivity index (χ1) is 11.9. The van der Waals surface area contributed by atoms with Gasteiger partial charge >= 0.3 is 0 Å². The highest BCUT2D eigenvalue weighted by Crippen LogP contribution is 2.55. The van der Waals surface area contributed by atoms with Crippen LogP contribution in [0.3, 0.4) is 0 Å². The Morgan fingerprint density at radius 1 is 0.417 bits per heavy atom. The standard InChI is InChI=1S/C24H32/c1-2-10-18-17(9-1)19-11-3-4-13-21(19)23-15-7-8-16-24(23)22-14-6-5-12-20(18)22/h9,11,14,16,18,20-21,23H,1-8,10,12-13,15H2. The molecule has 24 heavy (non-hydrogen) atoms. The fourth-order valence-electron chi connectivity index (χ4n) is 6.61. The maximum Gasteiger partial charge on any atom is -0.00934 e. The molecule has 0 nitrogen and oxygen atoms in total. The van der Waals surface area contributed by atoms with Gasteiger partial charge in [0.1, 0.15) is 0 Å². The van der Waals surface area contributed by atoms with Gasteiger partial charge in [-0.15, -0.1) is 0 Å². The lowest BCUT2D eigenvalue weighted by atomic mass is 9.58. The van der Waals surface area contributed by atoms with E-state index in [-0.39, 0.29) is 0 Å². The van der Waals surface area contributed by atoms with Crippen LogP contribution in [0.15, 0.2) is 46.6 Å². The molecule has 4 unspecified atom stereocenters. The van der Waals surface area contributed by atoms with E-state index in [1.807, 2.05) is 22.3 Å². The summed E-state index contributed by atoms with van der Waals surface area (Å²) in [5.41, 5.74) is 7.25. The van der Waals surface area contributed by atoms with Crippen molar-refractivity contribution in [1.82, 2.24) is 0 Å².